The standard InChI is InChI=1S/C19H28ClN3O2/c1-3-7-17(21)18(24)22-13-10-11-15(16(20)12-13)19(25)23(2)14-8-5-4-6-9-14/h10-12,14,17H,3-9,21H2,1-2H3,(H,22,24). The molecule has 25 heavy (non-hydrogen) atoms. The van der Waals surface area contributed by atoms with Crippen LogP contribution in [0.15, 0.2) is 18.2 Å². The van der Waals surface area contributed by atoms with Crippen LogP contribution in [0.5, 0.6) is 0 Å². The van der Waals surface area contributed by atoms with Gasteiger partial charge >= 0.3 is 0 Å². The highest BCUT2D eigenvalue weighted by molar-refractivity contribution is 6.34. The highest BCUT2D eigenvalue weighted by Crippen LogP contribution is 2.26. The number of nitrogens with two attached hydrogens (primary N) is 1. The molecule has 0 bridgehead atoms. The van der Waals surface area contributed by atoms with Crippen molar-refractivity contribution in [2.45, 2.75) is 64.0 Å². The molecule has 0 radical (unpaired) electrons. The summed E-state index contributed by atoms with van der Waals surface area (Å²) >= 11 is 6.30. The van der Waals surface area contributed by atoms with Gasteiger partial charge in [0.05, 0.1) is 16.6 Å². The Kier molecular flexibility index (Phi) is 7.26. The zero-order chi connectivity index (χ0) is 18.4. The third kappa shape index (κ3) is 5.19. The van der Waals surface area contributed by atoms with Crippen LogP contribution in [0.1, 0.15) is 62.2 Å². The molecule has 1 atom stereocenters. The molecule has 138 valence electrons. The van der Waals surface area contributed by atoms with Crippen molar-refractivity contribution in [2.75, 3.05) is 12.4 Å². The first-order valence-corrected chi connectivity index (χ1v) is 9.45. The fraction of sp³-hybridized carbons (Fsp3) is 0.579. The van der Waals surface area contributed by atoms with Gasteiger partial charge < -0.3 is 16.0 Å². The summed E-state index contributed by atoms with van der Waals surface area (Å²) in [7, 11) is 1.84. The molecule has 0 aromatic heterocycles. The van der Waals surface area contributed by atoms with E-state index in [1.54, 1.807) is 23.1 Å². The van der Waals surface area contributed by atoms with Crippen molar-refractivity contribution in [1.82, 2.24) is 4.90 Å². The molecular formula is C19H28ClN3O2. The third-order valence-corrected chi connectivity index (χ3v) is 5.16. The Bertz CT molecular complexity index is 615. The first-order valence-electron chi connectivity index (χ1n) is 9.07. The molecule has 0 heterocycles. The lowest BCUT2D eigenvalue weighted by Crippen LogP contribution is -2.38. The molecule has 2 amide bonds. The Labute approximate surface area is 154 Å². The predicted molar refractivity (Wildman–Crippen MR) is 102 cm³/mol. The Morgan fingerprint density at radius 3 is 2.60 bits per heavy atom. The van der Waals surface area contributed by atoms with E-state index in [9.17, 15) is 9.59 Å². The van der Waals surface area contributed by atoms with E-state index in [2.05, 4.69) is 5.32 Å². The zero-order valence-electron chi connectivity index (χ0n) is 15.1. The number of rotatable bonds is 6. The summed E-state index contributed by atoms with van der Waals surface area (Å²) in [4.78, 5) is 26.5. The molecule has 2 rings (SSSR count). The Morgan fingerprint density at radius 2 is 2.00 bits per heavy atom. The fourth-order valence-corrected chi connectivity index (χ4v) is 3.53. The smallest absolute Gasteiger partial charge is 0.255 e. The number of amides is 2. The molecule has 0 aliphatic heterocycles. The van der Waals surface area contributed by atoms with Gasteiger partial charge in [0.2, 0.25) is 5.91 Å². The second kappa shape index (κ2) is 9.20. The van der Waals surface area contributed by atoms with E-state index in [1.165, 1.54) is 19.3 Å². The third-order valence-electron chi connectivity index (χ3n) is 4.85. The zero-order valence-corrected chi connectivity index (χ0v) is 15.8. The SMILES string of the molecule is CCCC(N)C(=O)Nc1ccc(C(=O)N(C)C2CCCCC2)c(Cl)c1. The summed E-state index contributed by atoms with van der Waals surface area (Å²) in [6.07, 6.45) is 7.14. The molecule has 5 nitrogen and oxygen atoms in total. The van der Waals surface area contributed by atoms with Crippen LogP contribution in [0.25, 0.3) is 0 Å². The lowest BCUT2D eigenvalue weighted by Gasteiger charge is -2.31. The van der Waals surface area contributed by atoms with Gasteiger partial charge in [-0.05, 0) is 37.5 Å². The molecule has 1 saturated carbocycles. The van der Waals surface area contributed by atoms with Gasteiger partial charge in [-0.1, -0.05) is 44.2 Å². The summed E-state index contributed by atoms with van der Waals surface area (Å²) in [5.41, 5.74) is 6.83. The molecule has 0 spiro atoms. The number of nitrogens with zero attached hydrogens (tertiary/aromatic N) is 1. The minimum absolute atomic E-state index is 0.0718. The van der Waals surface area contributed by atoms with Gasteiger partial charge in [-0.25, -0.2) is 0 Å². The molecule has 0 saturated heterocycles. The van der Waals surface area contributed by atoms with E-state index in [1.807, 2.05) is 14.0 Å². The number of carbonyl (C=O) groups is 2. The Hall–Kier alpha value is -1.59. The van der Waals surface area contributed by atoms with Gasteiger partial charge in [0.25, 0.3) is 5.91 Å². The van der Waals surface area contributed by atoms with Gasteiger partial charge in [-0.3, -0.25) is 9.59 Å². The molecule has 1 aliphatic rings. The summed E-state index contributed by atoms with van der Waals surface area (Å²) < 4.78 is 0. The second-order valence-electron chi connectivity index (χ2n) is 6.79. The maximum absolute atomic E-state index is 12.7. The van der Waals surface area contributed by atoms with Crippen LogP contribution in [-0.2, 0) is 4.79 Å². The lowest BCUT2D eigenvalue weighted by molar-refractivity contribution is -0.117. The van der Waals surface area contributed by atoms with Gasteiger partial charge in [0, 0.05) is 18.8 Å². The quantitative estimate of drug-likeness (QED) is 0.804. The minimum atomic E-state index is -0.539. The molecule has 1 fully saturated rings. The van der Waals surface area contributed by atoms with E-state index in [0.29, 0.717) is 22.7 Å². The highest BCUT2D eigenvalue weighted by Gasteiger charge is 2.24. The molecule has 1 aliphatic carbocycles. The van der Waals surface area contributed by atoms with E-state index in [0.717, 1.165) is 19.3 Å². The monoisotopic (exact) mass is 365 g/mol. The Morgan fingerprint density at radius 1 is 1.32 bits per heavy atom. The first-order chi connectivity index (χ1) is 11.9. The summed E-state index contributed by atoms with van der Waals surface area (Å²) in [5.74, 6) is -0.311. The molecule has 1 aromatic rings. The van der Waals surface area contributed by atoms with Gasteiger partial charge in [0.15, 0.2) is 0 Å². The molecular weight excluding hydrogens is 338 g/mol. The van der Waals surface area contributed by atoms with Crippen LogP contribution in [0.3, 0.4) is 0 Å². The van der Waals surface area contributed by atoms with Crippen LogP contribution in [0, 0.1) is 0 Å². The molecule has 6 heteroatoms. The van der Waals surface area contributed by atoms with Crippen LogP contribution in [0.4, 0.5) is 5.69 Å². The van der Waals surface area contributed by atoms with Crippen molar-refractivity contribution in [3.63, 3.8) is 0 Å². The highest BCUT2D eigenvalue weighted by atomic mass is 35.5. The number of hydrogen-bond donors (Lipinski definition) is 2. The van der Waals surface area contributed by atoms with Crippen molar-refractivity contribution in [3.8, 4) is 0 Å². The van der Waals surface area contributed by atoms with Crippen LogP contribution >= 0.6 is 11.6 Å². The van der Waals surface area contributed by atoms with Crippen molar-refractivity contribution >= 4 is 29.1 Å². The summed E-state index contributed by atoms with van der Waals surface area (Å²) in [6, 6.07) is 4.72. The number of anilines is 1. The predicted octanol–water partition coefficient (Wildman–Crippen LogP) is 3.81. The average molecular weight is 366 g/mol. The summed E-state index contributed by atoms with van der Waals surface area (Å²) in [6.45, 7) is 1.98. The summed E-state index contributed by atoms with van der Waals surface area (Å²) in [5, 5.41) is 3.09. The van der Waals surface area contributed by atoms with E-state index < -0.39 is 6.04 Å². The number of carbonyl (C=O) groups excluding carboxylic acids is 2. The van der Waals surface area contributed by atoms with Crippen molar-refractivity contribution in [2.24, 2.45) is 5.73 Å². The van der Waals surface area contributed by atoms with Gasteiger partial charge in [-0.2, -0.15) is 0 Å². The van der Waals surface area contributed by atoms with E-state index in [-0.39, 0.29) is 17.9 Å². The normalized spacial score (nSPS) is 16.3. The number of benzene rings is 1. The topological polar surface area (TPSA) is 75.4 Å². The first kappa shape index (κ1) is 19.7. The van der Waals surface area contributed by atoms with Crippen LogP contribution in [0.2, 0.25) is 5.02 Å². The van der Waals surface area contributed by atoms with E-state index >= 15 is 0 Å². The minimum Gasteiger partial charge on any atom is -0.339 e. The Balaban J connectivity index is 2.05. The number of halogens is 1. The van der Waals surface area contributed by atoms with Crippen LogP contribution < -0.4 is 11.1 Å². The maximum Gasteiger partial charge on any atom is 0.255 e. The number of hydrogen-bond acceptors (Lipinski definition) is 3. The largest absolute Gasteiger partial charge is 0.339 e. The van der Waals surface area contributed by atoms with Gasteiger partial charge in [0.1, 0.15) is 0 Å². The molecule has 1 aromatic carbocycles. The number of nitrogens with one attached hydrogen (secondary N) is 1. The second-order valence-corrected chi connectivity index (χ2v) is 7.19. The lowest BCUT2D eigenvalue weighted by atomic mass is 9.94. The van der Waals surface area contributed by atoms with Crippen molar-refractivity contribution in [3.05, 3.63) is 28.8 Å². The fourth-order valence-electron chi connectivity index (χ4n) is 3.27. The van der Waals surface area contributed by atoms with Crippen LogP contribution in [-0.4, -0.2) is 35.8 Å². The average Bonchev–Trinajstić information content (AvgIpc) is 2.61. The van der Waals surface area contributed by atoms with E-state index in [4.69, 9.17) is 17.3 Å². The van der Waals surface area contributed by atoms with Gasteiger partial charge in [-0.15, -0.1) is 0 Å². The van der Waals surface area contributed by atoms with Crippen molar-refractivity contribution in [1.29, 1.82) is 0 Å². The molecule has 1 unspecified atom stereocenters. The molecule has 3 N–H and O–H groups in total. The maximum atomic E-state index is 12.7. The van der Waals surface area contributed by atoms with Crippen molar-refractivity contribution < 1.29 is 9.59 Å².